The Bertz CT molecular complexity index is 361. The van der Waals surface area contributed by atoms with Gasteiger partial charge in [0, 0.05) is 29.7 Å². The van der Waals surface area contributed by atoms with Crippen molar-refractivity contribution in [1.29, 1.82) is 0 Å². The zero-order valence-electron chi connectivity index (χ0n) is 10.1. The Kier molecular flexibility index (Phi) is 5.57. The number of ether oxygens (including phenoxy) is 2. The van der Waals surface area contributed by atoms with E-state index in [1.165, 1.54) is 6.42 Å². The molecule has 18 heavy (non-hydrogen) atoms. The van der Waals surface area contributed by atoms with Crippen molar-refractivity contribution in [3.8, 4) is 5.75 Å². The van der Waals surface area contributed by atoms with Gasteiger partial charge in [-0.1, -0.05) is 23.2 Å². The fourth-order valence-corrected chi connectivity index (χ4v) is 2.43. The number of hydrogen-bond acceptors (Lipinski definition) is 3. The summed E-state index contributed by atoms with van der Waals surface area (Å²) >= 11 is 11.8. The van der Waals surface area contributed by atoms with Crippen molar-refractivity contribution in [2.45, 2.75) is 18.9 Å². The summed E-state index contributed by atoms with van der Waals surface area (Å²) in [6, 6.07) is 5.20. The summed E-state index contributed by atoms with van der Waals surface area (Å²) in [5.74, 6) is 0.700. The van der Waals surface area contributed by atoms with Gasteiger partial charge < -0.3 is 14.8 Å². The van der Waals surface area contributed by atoms with Gasteiger partial charge in [-0.2, -0.15) is 0 Å². The van der Waals surface area contributed by atoms with E-state index in [-0.39, 0.29) is 0 Å². The van der Waals surface area contributed by atoms with Crippen LogP contribution in [0.3, 0.4) is 0 Å². The largest absolute Gasteiger partial charge is 0.492 e. The van der Waals surface area contributed by atoms with Crippen LogP contribution >= 0.6 is 23.2 Å². The highest BCUT2D eigenvalue weighted by atomic mass is 35.5. The Balaban J connectivity index is 1.62. The fourth-order valence-electron chi connectivity index (χ4n) is 1.92. The third kappa shape index (κ3) is 4.65. The third-order valence-corrected chi connectivity index (χ3v) is 3.22. The molecule has 1 unspecified atom stereocenters. The molecule has 1 atom stereocenters. The molecule has 2 rings (SSSR count). The molecule has 1 aromatic rings. The highest BCUT2D eigenvalue weighted by molar-refractivity contribution is 6.34. The van der Waals surface area contributed by atoms with Crippen molar-refractivity contribution < 1.29 is 9.47 Å². The maximum absolute atomic E-state index is 5.88. The molecule has 1 heterocycles. The Labute approximate surface area is 117 Å². The van der Waals surface area contributed by atoms with Crippen LogP contribution in [-0.4, -0.2) is 32.4 Å². The smallest absolute Gasteiger partial charge is 0.122 e. The first kappa shape index (κ1) is 13.9. The van der Waals surface area contributed by atoms with Crippen molar-refractivity contribution in [3.63, 3.8) is 0 Å². The van der Waals surface area contributed by atoms with E-state index in [1.54, 1.807) is 18.2 Å². The summed E-state index contributed by atoms with van der Waals surface area (Å²) in [5, 5.41) is 4.49. The monoisotopic (exact) mass is 289 g/mol. The molecule has 0 radical (unpaired) electrons. The van der Waals surface area contributed by atoms with Gasteiger partial charge in [-0.15, -0.1) is 0 Å². The van der Waals surface area contributed by atoms with E-state index >= 15 is 0 Å². The Morgan fingerprint density at radius 2 is 2.06 bits per heavy atom. The quantitative estimate of drug-likeness (QED) is 0.816. The lowest BCUT2D eigenvalue weighted by atomic mass is 10.2. The number of halogens is 2. The van der Waals surface area contributed by atoms with Gasteiger partial charge in [0.2, 0.25) is 0 Å². The topological polar surface area (TPSA) is 30.5 Å². The highest BCUT2D eigenvalue weighted by Gasteiger charge is 2.14. The summed E-state index contributed by atoms with van der Waals surface area (Å²) in [6.45, 7) is 3.15. The summed E-state index contributed by atoms with van der Waals surface area (Å²) in [4.78, 5) is 0. The van der Waals surface area contributed by atoms with Crippen molar-refractivity contribution in [3.05, 3.63) is 28.2 Å². The third-order valence-electron chi connectivity index (χ3n) is 2.78. The molecule has 0 aromatic heterocycles. The standard InChI is InChI=1S/C13H17Cl2NO2/c14-10-6-11(15)8-13(7-10)18-5-3-16-9-12-2-1-4-17-12/h6-8,12,16H,1-5,9H2. The molecule has 1 fully saturated rings. The average Bonchev–Trinajstić information content (AvgIpc) is 2.80. The molecule has 1 aliphatic heterocycles. The van der Waals surface area contributed by atoms with Gasteiger partial charge in [-0.3, -0.25) is 0 Å². The molecule has 0 amide bonds. The molecule has 0 spiro atoms. The van der Waals surface area contributed by atoms with E-state index < -0.39 is 0 Å². The van der Waals surface area contributed by atoms with Crippen molar-refractivity contribution in [2.75, 3.05) is 26.3 Å². The zero-order valence-corrected chi connectivity index (χ0v) is 11.6. The lowest BCUT2D eigenvalue weighted by Gasteiger charge is -2.11. The van der Waals surface area contributed by atoms with E-state index in [2.05, 4.69) is 5.32 Å². The second kappa shape index (κ2) is 7.19. The minimum absolute atomic E-state index is 0.366. The van der Waals surface area contributed by atoms with Crippen molar-refractivity contribution in [1.82, 2.24) is 5.32 Å². The highest BCUT2D eigenvalue weighted by Crippen LogP contribution is 2.23. The molecule has 1 aromatic carbocycles. The van der Waals surface area contributed by atoms with E-state index in [0.717, 1.165) is 26.1 Å². The first-order valence-corrected chi connectivity index (χ1v) is 6.91. The van der Waals surface area contributed by atoms with Crippen LogP contribution in [0.4, 0.5) is 0 Å². The lowest BCUT2D eigenvalue weighted by molar-refractivity contribution is 0.109. The maximum Gasteiger partial charge on any atom is 0.122 e. The molecule has 1 aliphatic rings. The lowest BCUT2D eigenvalue weighted by Crippen LogP contribution is -2.29. The summed E-state index contributed by atoms with van der Waals surface area (Å²) in [5.41, 5.74) is 0. The summed E-state index contributed by atoms with van der Waals surface area (Å²) in [6.07, 6.45) is 2.69. The second-order valence-electron chi connectivity index (χ2n) is 4.29. The number of rotatable bonds is 6. The van der Waals surface area contributed by atoms with Crippen molar-refractivity contribution >= 4 is 23.2 Å². The van der Waals surface area contributed by atoms with Gasteiger partial charge in [-0.25, -0.2) is 0 Å². The van der Waals surface area contributed by atoms with Gasteiger partial charge in [0.15, 0.2) is 0 Å². The van der Waals surface area contributed by atoms with Crippen LogP contribution in [0, 0.1) is 0 Å². The first-order chi connectivity index (χ1) is 8.74. The molecule has 0 aliphatic carbocycles. The Morgan fingerprint density at radius 1 is 1.28 bits per heavy atom. The predicted molar refractivity (Wildman–Crippen MR) is 73.8 cm³/mol. The van der Waals surface area contributed by atoms with Gasteiger partial charge in [0.1, 0.15) is 12.4 Å². The Morgan fingerprint density at radius 3 is 2.72 bits per heavy atom. The number of benzene rings is 1. The van der Waals surface area contributed by atoms with Gasteiger partial charge >= 0.3 is 0 Å². The van der Waals surface area contributed by atoms with Gasteiger partial charge in [0.05, 0.1) is 6.10 Å². The maximum atomic E-state index is 5.88. The van der Waals surface area contributed by atoms with Crippen LogP contribution < -0.4 is 10.1 Å². The van der Waals surface area contributed by atoms with Crippen LogP contribution in [0.5, 0.6) is 5.75 Å². The molecule has 100 valence electrons. The van der Waals surface area contributed by atoms with Gasteiger partial charge in [-0.05, 0) is 31.0 Å². The molecule has 0 bridgehead atoms. The molecule has 3 nitrogen and oxygen atoms in total. The minimum atomic E-state index is 0.366. The molecular formula is C13H17Cl2NO2. The fraction of sp³-hybridized carbons (Fsp3) is 0.538. The number of hydrogen-bond donors (Lipinski definition) is 1. The van der Waals surface area contributed by atoms with Gasteiger partial charge in [0.25, 0.3) is 0 Å². The second-order valence-corrected chi connectivity index (χ2v) is 5.17. The number of nitrogens with one attached hydrogen (secondary N) is 1. The summed E-state index contributed by atoms with van der Waals surface area (Å²) in [7, 11) is 0. The molecule has 1 saturated heterocycles. The zero-order chi connectivity index (χ0) is 12.8. The van der Waals surface area contributed by atoms with E-state index in [9.17, 15) is 0 Å². The molecular weight excluding hydrogens is 273 g/mol. The van der Waals surface area contributed by atoms with Crippen LogP contribution in [0.15, 0.2) is 18.2 Å². The SMILES string of the molecule is Clc1cc(Cl)cc(OCCNCC2CCCO2)c1. The van der Waals surface area contributed by atoms with Crippen LogP contribution in [0.2, 0.25) is 10.0 Å². The summed E-state index contributed by atoms with van der Waals surface area (Å²) < 4.78 is 11.1. The molecule has 1 N–H and O–H groups in total. The van der Waals surface area contributed by atoms with E-state index in [4.69, 9.17) is 32.7 Å². The van der Waals surface area contributed by atoms with Crippen LogP contribution in [0.1, 0.15) is 12.8 Å². The molecule has 0 saturated carbocycles. The van der Waals surface area contributed by atoms with Crippen LogP contribution in [0.25, 0.3) is 0 Å². The minimum Gasteiger partial charge on any atom is -0.492 e. The van der Waals surface area contributed by atoms with Crippen molar-refractivity contribution in [2.24, 2.45) is 0 Å². The normalized spacial score (nSPS) is 19.1. The Hall–Kier alpha value is -0.480. The van der Waals surface area contributed by atoms with E-state index in [1.807, 2.05) is 0 Å². The molecule has 5 heteroatoms. The predicted octanol–water partition coefficient (Wildman–Crippen LogP) is 3.14. The van der Waals surface area contributed by atoms with E-state index in [0.29, 0.717) is 28.5 Å². The first-order valence-electron chi connectivity index (χ1n) is 6.15. The average molecular weight is 290 g/mol. The van der Waals surface area contributed by atoms with Crippen LogP contribution in [-0.2, 0) is 4.74 Å².